The Morgan fingerprint density at radius 2 is 2.33 bits per heavy atom. The molecule has 2 rings (SSSR count). The fraction of sp³-hybridized carbons (Fsp3) is 0.700. The number of nitrogens with two attached hydrogens (primary N) is 1. The lowest BCUT2D eigenvalue weighted by molar-refractivity contribution is 0.115. The van der Waals surface area contributed by atoms with Crippen molar-refractivity contribution >= 4 is 11.3 Å². The van der Waals surface area contributed by atoms with Crippen molar-refractivity contribution in [2.45, 2.75) is 12.6 Å². The van der Waals surface area contributed by atoms with Crippen molar-refractivity contribution in [2.75, 3.05) is 33.7 Å². The molecule has 2 N–H and O–H groups in total. The van der Waals surface area contributed by atoms with Crippen LogP contribution in [0.5, 0.6) is 0 Å². The number of hydrogen-bond donors (Lipinski definition) is 1. The zero-order valence-corrected chi connectivity index (χ0v) is 10.1. The predicted molar refractivity (Wildman–Crippen MR) is 62.9 cm³/mol. The van der Waals surface area contributed by atoms with Gasteiger partial charge in [0.05, 0.1) is 6.04 Å². The van der Waals surface area contributed by atoms with E-state index in [1.54, 1.807) is 11.3 Å². The Morgan fingerprint density at radius 1 is 1.53 bits per heavy atom. The summed E-state index contributed by atoms with van der Waals surface area (Å²) >= 11 is 1.74. The van der Waals surface area contributed by atoms with Gasteiger partial charge >= 0.3 is 0 Å². The van der Waals surface area contributed by atoms with E-state index in [2.05, 4.69) is 28.9 Å². The van der Waals surface area contributed by atoms with Crippen LogP contribution in [0.3, 0.4) is 0 Å². The van der Waals surface area contributed by atoms with Crippen LogP contribution in [-0.2, 0) is 6.54 Å². The topological polar surface area (TPSA) is 45.4 Å². The third kappa shape index (κ3) is 2.36. The van der Waals surface area contributed by atoms with Crippen molar-refractivity contribution in [1.82, 2.24) is 14.8 Å². The standard InChI is InChI=1S/C10H18N4S/c1-13-3-4-14(2)9(7-13)10-12-6-8(5-11)15-10/h6,9H,3-5,7,11H2,1-2H3. The van der Waals surface area contributed by atoms with Gasteiger partial charge in [0.2, 0.25) is 0 Å². The Labute approximate surface area is 94.7 Å². The number of rotatable bonds is 2. The van der Waals surface area contributed by atoms with Gasteiger partial charge in [0.15, 0.2) is 0 Å². The third-order valence-corrected chi connectivity index (χ3v) is 4.03. The highest BCUT2D eigenvalue weighted by Gasteiger charge is 2.25. The summed E-state index contributed by atoms with van der Waals surface area (Å²) in [4.78, 5) is 10.4. The molecule has 0 spiro atoms. The van der Waals surface area contributed by atoms with E-state index in [0.717, 1.165) is 19.6 Å². The molecule has 0 bridgehead atoms. The maximum Gasteiger partial charge on any atom is 0.111 e. The number of hydrogen-bond acceptors (Lipinski definition) is 5. The van der Waals surface area contributed by atoms with Crippen LogP contribution in [-0.4, -0.2) is 48.5 Å². The quantitative estimate of drug-likeness (QED) is 0.798. The molecule has 1 aromatic heterocycles. The number of aromatic nitrogens is 1. The average Bonchev–Trinajstić information content (AvgIpc) is 2.70. The number of thiazole rings is 1. The molecule has 1 saturated heterocycles. The Balaban J connectivity index is 2.13. The van der Waals surface area contributed by atoms with Crippen molar-refractivity contribution in [3.63, 3.8) is 0 Å². The summed E-state index contributed by atoms with van der Waals surface area (Å²) in [5, 5.41) is 1.20. The smallest absolute Gasteiger partial charge is 0.111 e. The van der Waals surface area contributed by atoms with Crippen LogP contribution in [0.2, 0.25) is 0 Å². The second-order valence-corrected chi connectivity index (χ2v) is 5.27. The molecule has 84 valence electrons. The second-order valence-electron chi connectivity index (χ2n) is 4.13. The lowest BCUT2D eigenvalue weighted by Crippen LogP contribution is -2.44. The van der Waals surface area contributed by atoms with Gasteiger partial charge in [-0.1, -0.05) is 0 Å². The molecular formula is C10H18N4S. The van der Waals surface area contributed by atoms with Gasteiger partial charge in [-0.2, -0.15) is 0 Å². The molecule has 5 heteroatoms. The minimum Gasteiger partial charge on any atom is -0.326 e. The molecule has 1 aromatic rings. The summed E-state index contributed by atoms with van der Waals surface area (Å²) in [5.74, 6) is 0. The van der Waals surface area contributed by atoms with E-state index in [9.17, 15) is 0 Å². The molecule has 0 aliphatic carbocycles. The van der Waals surface area contributed by atoms with Gasteiger partial charge in [-0.15, -0.1) is 11.3 Å². The van der Waals surface area contributed by atoms with Gasteiger partial charge in [0.25, 0.3) is 0 Å². The molecule has 4 nitrogen and oxygen atoms in total. The first-order chi connectivity index (χ1) is 7.20. The molecule has 0 amide bonds. The van der Waals surface area contributed by atoms with Crippen molar-refractivity contribution in [2.24, 2.45) is 5.73 Å². The number of piperazine rings is 1. The second kappa shape index (κ2) is 4.57. The van der Waals surface area contributed by atoms with Crippen molar-refractivity contribution < 1.29 is 0 Å². The van der Waals surface area contributed by atoms with E-state index in [1.165, 1.54) is 9.88 Å². The van der Waals surface area contributed by atoms with Crippen molar-refractivity contribution in [3.8, 4) is 0 Å². The highest BCUT2D eigenvalue weighted by Crippen LogP contribution is 2.26. The van der Waals surface area contributed by atoms with Crippen LogP contribution in [0.4, 0.5) is 0 Å². The largest absolute Gasteiger partial charge is 0.326 e. The molecule has 1 aliphatic heterocycles. The van der Waals surface area contributed by atoms with Crippen LogP contribution in [0, 0.1) is 0 Å². The Hall–Kier alpha value is -0.490. The molecular weight excluding hydrogens is 208 g/mol. The molecule has 1 unspecified atom stereocenters. The van der Waals surface area contributed by atoms with E-state index in [4.69, 9.17) is 5.73 Å². The molecule has 1 fully saturated rings. The number of likely N-dealkylation sites (N-methyl/N-ethyl adjacent to an activating group) is 2. The molecule has 15 heavy (non-hydrogen) atoms. The predicted octanol–water partition coefficient (Wildman–Crippen LogP) is 0.520. The average molecular weight is 226 g/mol. The highest BCUT2D eigenvalue weighted by atomic mass is 32.1. The van der Waals surface area contributed by atoms with E-state index in [-0.39, 0.29) is 0 Å². The van der Waals surface area contributed by atoms with Gasteiger partial charge < -0.3 is 10.6 Å². The van der Waals surface area contributed by atoms with Crippen molar-refractivity contribution in [1.29, 1.82) is 0 Å². The first-order valence-corrected chi connectivity index (χ1v) is 6.06. The summed E-state index contributed by atoms with van der Waals surface area (Å²) in [6, 6.07) is 0.439. The highest BCUT2D eigenvalue weighted by molar-refractivity contribution is 7.11. The first kappa shape index (κ1) is 11.0. The molecule has 0 saturated carbocycles. The monoisotopic (exact) mass is 226 g/mol. The minimum absolute atomic E-state index is 0.439. The normalized spacial score (nSPS) is 24.6. The Bertz CT molecular complexity index is 325. The van der Waals surface area contributed by atoms with Gasteiger partial charge in [0, 0.05) is 37.3 Å². The third-order valence-electron chi connectivity index (χ3n) is 2.91. The van der Waals surface area contributed by atoms with E-state index in [0.29, 0.717) is 12.6 Å². The van der Waals surface area contributed by atoms with Gasteiger partial charge in [-0.25, -0.2) is 4.98 Å². The Kier molecular flexibility index (Phi) is 3.35. The molecule has 2 heterocycles. The van der Waals surface area contributed by atoms with Gasteiger partial charge in [0.1, 0.15) is 5.01 Å². The van der Waals surface area contributed by atoms with E-state index >= 15 is 0 Å². The lowest BCUT2D eigenvalue weighted by atomic mass is 10.2. The van der Waals surface area contributed by atoms with Crippen LogP contribution in [0.1, 0.15) is 15.9 Å². The summed E-state index contributed by atoms with van der Waals surface area (Å²) in [6.45, 7) is 3.92. The van der Waals surface area contributed by atoms with Gasteiger partial charge in [-0.3, -0.25) is 4.90 Å². The van der Waals surface area contributed by atoms with E-state index < -0.39 is 0 Å². The van der Waals surface area contributed by atoms with Gasteiger partial charge in [-0.05, 0) is 14.1 Å². The maximum atomic E-state index is 5.60. The summed E-state index contributed by atoms with van der Waals surface area (Å²) in [5.41, 5.74) is 5.60. The fourth-order valence-corrected chi connectivity index (χ4v) is 2.80. The summed E-state index contributed by atoms with van der Waals surface area (Å²) in [7, 11) is 4.33. The zero-order chi connectivity index (χ0) is 10.8. The fourth-order valence-electron chi connectivity index (χ4n) is 1.85. The minimum atomic E-state index is 0.439. The summed E-state index contributed by atoms with van der Waals surface area (Å²) < 4.78 is 0. The van der Waals surface area contributed by atoms with Crippen LogP contribution < -0.4 is 5.73 Å². The van der Waals surface area contributed by atoms with Crippen LogP contribution >= 0.6 is 11.3 Å². The maximum absolute atomic E-state index is 5.60. The molecule has 0 aromatic carbocycles. The lowest BCUT2D eigenvalue weighted by Gasteiger charge is -2.36. The SMILES string of the molecule is CN1CCN(C)C(c2ncc(CN)s2)C1. The molecule has 1 atom stereocenters. The molecule has 1 aliphatic rings. The Morgan fingerprint density at radius 3 is 3.00 bits per heavy atom. The van der Waals surface area contributed by atoms with Crippen LogP contribution in [0.15, 0.2) is 6.20 Å². The van der Waals surface area contributed by atoms with Crippen LogP contribution in [0.25, 0.3) is 0 Å². The number of nitrogens with zero attached hydrogens (tertiary/aromatic N) is 3. The van der Waals surface area contributed by atoms with E-state index in [1.807, 2.05) is 6.20 Å². The summed E-state index contributed by atoms with van der Waals surface area (Å²) in [6.07, 6.45) is 1.91. The van der Waals surface area contributed by atoms with Crippen molar-refractivity contribution in [3.05, 3.63) is 16.1 Å². The zero-order valence-electron chi connectivity index (χ0n) is 9.31. The first-order valence-electron chi connectivity index (χ1n) is 5.24. The molecule has 0 radical (unpaired) electrons.